The maximum absolute atomic E-state index is 12.9. The molecule has 0 radical (unpaired) electrons. The van der Waals surface area contributed by atoms with Crippen molar-refractivity contribution < 1.29 is 37.7 Å². The highest BCUT2D eigenvalue weighted by atomic mass is 31.3. The van der Waals surface area contributed by atoms with E-state index < -0.39 is 21.1 Å². The summed E-state index contributed by atoms with van der Waals surface area (Å²) in [5.41, 5.74) is -1.13. The van der Waals surface area contributed by atoms with Gasteiger partial charge in [0.1, 0.15) is 11.6 Å². The van der Waals surface area contributed by atoms with E-state index >= 15 is 0 Å². The lowest BCUT2D eigenvalue weighted by Gasteiger charge is -2.31. The fourth-order valence-corrected chi connectivity index (χ4v) is 8.77. The Kier molecular flexibility index (Phi) is 7.57. The molecule has 166 valence electrons. The van der Waals surface area contributed by atoms with E-state index in [1.165, 1.54) is 0 Å². The second kappa shape index (κ2) is 9.42. The van der Waals surface area contributed by atoms with Crippen molar-refractivity contribution in [3.8, 4) is 0 Å². The Labute approximate surface area is 171 Å². The van der Waals surface area contributed by atoms with Crippen molar-refractivity contribution in [1.82, 2.24) is 0 Å². The first-order valence-corrected chi connectivity index (χ1v) is 13.8. The minimum atomic E-state index is -5.18. The number of rotatable bonds is 3. The fraction of sp³-hybridized carbons (Fsp3) is 0.895. The molecule has 3 saturated carbocycles. The third-order valence-electron chi connectivity index (χ3n) is 7.08. The van der Waals surface area contributed by atoms with Crippen LogP contribution in [-0.4, -0.2) is 31.9 Å². The summed E-state index contributed by atoms with van der Waals surface area (Å²) in [6.07, 6.45) is 7.51. The Morgan fingerprint density at radius 2 is 1.48 bits per heavy atom. The van der Waals surface area contributed by atoms with Gasteiger partial charge in [-0.25, -0.2) is 8.88 Å². The van der Waals surface area contributed by atoms with Crippen LogP contribution in [0.15, 0.2) is 0 Å². The van der Waals surface area contributed by atoms with Crippen LogP contribution in [0.25, 0.3) is 0 Å². The Morgan fingerprint density at radius 1 is 0.793 bits per heavy atom. The van der Waals surface area contributed by atoms with Crippen LogP contribution in [0, 0.1) is 23.7 Å². The zero-order chi connectivity index (χ0) is 21.2. The van der Waals surface area contributed by atoms with Crippen molar-refractivity contribution in [2.24, 2.45) is 23.7 Å². The molecule has 8 nitrogen and oxygen atoms in total. The Hall–Kier alpha value is -0.360. The molecule has 10 heteroatoms. The molecular formula is C19H32O8P2. The first-order valence-electron chi connectivity index (χ1n) is 10.7. The van der Waals surface area contributed by atoms with Crippen molar-refractivity contribution in [3.05, 3.63) is 0 Å². The third kappa shape index (κ3) is 6.56. The van der Waals surface area contributed by atoms with E-state index in [1.54, 1.807) is 0 Å². The van der Waals surface area contributed by atoms with Gasteiger partial charge in [0.15, 0.2) is 0 Å². The Bertz CT molecular complexity index is 717. The van der Waals surface area contributed by atoms with E-state index in [9.17, 15) is 23.6 Å². The van der Waals surface area contributed by atoms with Crippen LogP contribution in [-0.2, 0) is 23.0 Å². The average molecular weight is 450 g/mol. The first-order chi connectivity index (χ1) is 13.5. The summed E-state index contributed by atoms with van der Waals surface area (Å²) in [5, 5.41) is 0. The molecule has 2 bridgehead atoms. The molecular weight excluding hydrogens is 418 g/mol. The van der Waals surface area contributed by atoms with Crippen LogP contribution in [0.2, 0.25) is 0 Å². The topological polar surface area (TPSA) is 138 Å². The van der Waals surface area contributed by atoms with E-state index in [4.69, 9.17) is 9.79 Å². The van der Waals surface area contributed by atoms with Gasteiger partial charge in [-0.2, -0.15) is 0 Å². The molecule has 6 atom stereocenters. The Balaban J connectivity index is 1.85. The van der Waals surface area contributed by atoms with Gasteiger partial charge in [0.2, 0.25) is 0 Å². The maximum Gasteiger partial charge on any atom is 0.476 e. The van der Waals surface area contributed by atoms with Gasteiger partial charge in [-0.1, -0.05) is 19.3 Å². The molecule has 3 rings (SSSR count). The van der Waals surface area contributed by atoms with Gasteiger partial charge in [0.25, 0.3) is 0 Å². The first kappa shape index (κ1) is 23.3. The second-order valence-electron chi connectivity index (χ2n) is 9.17. The monoisotopic (exact) mass is 450 g/mol. The summed E-state index contributed by atoms with van der Waals surface area (Å²) in [6, 6.07) is 0. The number of carbonyl (C=O) groups is 2. The zero-order valence-electron chi connectivity index (χ0n) is 16.6. The van der Waals surface area contributed by atoms with Crippen LogP contribution in [0.4, 0.5) is 0 Å². The van der Waals surface area contributed by atoms with E-state index in [2.05, 4.69) is 4.31 Å². The van der Waals surface area contributed by atoms with Gasteiger partial charge in [-0.05, 0) is 55.8 Å². The molecule has 6 unspecified atom stereocenters. The molecule has 0 aromatic rings. The lowest BCUT2D eigenvalue weighted by molar-refractivity contribution is -0.121. The van der Waals surface area contributed by atoms with E-state index in [-0.39, 0.29) is 35.7 Å². The van der Waals surface area contributed by atoms with E-state index in [1.807, 2.05) is 0 Å². The fourth-order valence-electron chi connectivity index (χ4n) is 5.75. The van der Waals surface area contributed by atoms with Crippen LogP contribution in [0.3, 0.4) is 0 Å². The van der Waals surface area contributed by atoms with Crippen LogP contribution in [0.1, 0.15) is 77.0 Å². The molecule has 0 amide bonds. The molecule has 3 aliphatic carbocycles. The van der Waals surface area contributed by atoms with Gasteiger partial charge in [0, 0.05) is 25.7 Å². The lowest BCUT2D eigenvalue weighted by Crippen LogP contribution is -2.29. The van der Waals surface area contributed by atoms with Gasteiger partial charge in [-0.15, -0.1) is 0 Å². The summed E-state index contributed by atoms with van der Waals surface area (Å²) in [4.78, 5) is 53.8. The number of phosphoric acid groups is 1. The van der Waals surface area contributed by atoms with Crippen molar-refractivity contribution in [3.63, 3.8) is 0 Å². The molecule has 0 spiro atoms. The SMILES string of the molecule is O=C1CCC2CCC(CC(=O)CC(P(=O)(O)OP(=O)(O)O)C3CCCC3CC1)C2. The van der Waals surface area contributed by atoms with Gasteiger partial charge >= 0.3 is 15.4 Å². The van der Waals surface area contributed by atoms with Crippen molar-refractivity contribution in [2.75, 3.05) is 0 Å². The largest absolute Gasteiger partial charge is 0.476 e. The van der Waals surface area contributed by atoms with Crippen LogP contribution in [0.5, 0.6) is 0 Å². The number of Topliss-reactive ketones (excluding diaryl/α,β-unsaturated/α-hetero) is 2. The standard InChI is InChI=1S/C19H32O8P2/c20-16-8-6-13-4-5-14(10-13)11-17(21)12-19(28(22,23)27-29(24,25)26)18-3-1-2-15(18)7-9-16/h13-15,18-19H,1-12H2,(H,22,23)(H2,24,25,26). The van der Waals surface area contributed by atoms with Gasteiger partial charge < -0.3 is 14.7 Å². The highest BCUT2D eigenvalue weighted by Gasteiger charge is 2.48. The minimum absolute atomic E-state index is 0.0164. The maximum atomic E-state index is 12.9. The van der Waals surface area contributed by atoms with E-state index in [0.717, 1.165) is 38.5 Å². The van der Waals surface area contributed by atoms with E-state index in [0.29, 0.717) is 38.0 Å². The van der Waals surface area contributed by atoms with Crippen molar-refractivity contribution in [1.29, 1.82) is 0 Å². The summed E-state index contributed by atoms with van der Waals surface area (Å²) < 4.78 is 28.5. The summed E-state index contributed by atoms with van der Waals surface area (Å²) >= 11 is 0. The molecule has 3 N–H and O–H groups in total. The molecule has 3 fully saturated rings. The minimum Gasteiger partial charge on any atom is -0.324 e. The highest BCUT2D eigenvalue weighted by Crippen LogP contribution is 2.64. The number of fused-ring (bicyclic) bond motifs is 3. The Morgan fingerprint density at radius 3 is 2.21 bits per heavy atom. The molecule has 0 heterocycles. The number of hydrogen-bond acceptors (Lipinski definition) is 5. The number of hydrogen-bond donors (Lipinski definition) is 3. The molecule has 3 aliphatic rings. The number of ketones is 2. The molecule has 0 aromatic carbocycles. The van der Waals surface area contributed by atoms with Crippen molar-refractivity contribution in [2.45, 2.75) is 82.7 Å². The van der Waals surface area contributed by atoms with Crippen LogP contribution >= 0.6 is 15.4 Å². The smallest absolute Gasteiger partial charge is 0.324 e. The molecule has 29 heavy (non-hydrogen) atoms. The third-order valence-corrected chi connectivity index (χ3v) is 10.3. The number of carbonyl (C=O) groups excluding carboxylic acids is 2. The summed E-state index contributed by atoms with van der Waals surface area (Å²) in [5.74, 6) is 0.374. The van der Waals surface area contributed by atoms with Gasteiger partial charge in [0.05, 0.1) is 5.66 Å². The lowest BCUT2D eigenvalue weighted by atomic mass is 9.84. The molecule has 0 aromatic heterocycles. The molecule has 0 aliphatic heterocycles. The van der Waals surface area contributed by atoms with Gasteiger partial charge in [-0.3, -0.25) is 14.2 Å². The average Bonchev–Trinajstić information content (AvgIpc) is 3.22. The molecule has 0 saturated heterocycles. The quantitative estimate of drug-likeness (QED) is 0.549. The van der Waals surface area contributed by atoms with Crippen molar-refractivity contribution >= 4 is 27.0 Å². The normalized spacial score (nSPS) is 37.0. The predicted octanol–water partition coefficient (Wildman–Crippen LogP) is 3.97. The summed E-state index contributed by atoms with van der Waals surface area (Å²) in [6.45, 7) is 0. The second-order valence-corrected chi connectivity index (χ2v) is 12.6. The summed E-state index contributed by atoms with van der Waals surface area (Å²) in [7, 11) is -9.91. The van der Waals surface area contributed by atoms with Crippen LogP contribution < -0.4 is 0 Å². The predicted molar refractivity (Wildman–Crippen MR) is 106 cm³/mol. The zero-order valence-corrected chi connectivity index (χ0v) is 18.4. The highest BCUT2D eigenvalue weighted by molar-refractivity contribution is 7.64.